The van der Waals surface area contributed by atoms with Gasteiger partial charge in [0.1, 0.15) is 0 Å². The lowest BCUT2D eigenvalue weighted by Gasteiger charge is -2.34. The van der Waals surface area contributed by atoms with Gasteiger partial charge < -0.3 is 4.90 Å². The monoisotopic (exact) mass is 365 g/mol. The van der Waals surface area contributed by atoms with Gasteiger partial charge in [0, 0.05) is 15.4 Å². The summed E-state index contributed by atoms with van der Waals surface area (Å²) in [5.41, 5.74) is 7.46. The highest BCUT2D eigenvalue weighted by atomic mass is 32.2. The third-order valence-corrected chi connectivity index (χ3v) is 6.04. The van der Waals surface area contributed by atoms with Gasteiger partial charge >= 0.3 is 0 Å². The van der Waals surface area contributed by atoms with E-state index in [2.05, 4.69) is 109 Å². The van der Waals surface area contributed by atoms with Gasteiger partial charge in [-0.05, 0) is 48.9 Å². The number of para-hydroxylation sites is 2. The summed E-state index contributed by atoms with van der Waals surface area (Å²) < 4.78 is 0. The molecule has 4 aromatic rings. The SMILES string of the molecule is Cc1ccc(N2c3ccccc3Sc3ccccc32)c(-c2ccccc2)c1. The summed E-state index contributed by atoms with van der Waals surface area (Å²) in [6.07, 6.45) is 0. The highest BCUT2D eigenvalue weighted by Gasteiger charge is 2.26. The second-order valence-electron chi connectivity index (χ2n) is 6.76. The molecule has 0 aromatic heterocycles. The quantitative estimate of drug-likeness (QED) is 0.317. The first kappa shape index (κ1) is 16.2. The molecular weight excluding hydrogens is 346 g/mol. The average Bonchev–Trinajstić information content (AvgIpc) is 2.73. The Labute approximate surface area is 164 Å². The minimum Gasteiger partial charge on any atom is -0.308 e. The van der Waals surface area contributed by atoms with E-state index in [-0.39, 0.29) is 0 Å². The first-order valence-corrected chi connectivity index (χ1v) is 9.95. The molecule has 0 N–H and O–H groups in total. The van der Waals surface area contributed by atoms with E-state index in [1.165, 1.54) is 43.5 Å². The number of aryl methyl sites for hydroxylation is 1. The molecule has 1 heterocycles. The number of benzene rings is 4. The maximum Gasteiger partial charge on any atom is 0.0601 e. The standard InChI is InChI=1S/C25H19NS/c1-18-15-16-21(20(17-18)19-9-3-2-4-10-19)26-22-11-5-7-13-24(22)27-25-14-8-6-12-23(25)26/h2-17H,1H3. The third kappa shape index (κ3) is 2.83. The van der Waals surface area contributed by atoms with E-state index in [9.17, 15) is 0 Å². The van der Waals surface area contributed by atoms with Gasteiger partial charge in [-0.25, -0.2) is 0 Å². The Bertz CT molecular complexity index is 1070. The van der Waals surface area contributed by atoms with E-state index in [4.69, 9.17) is 0 Å². The molecule has 0 amide bonds. The van der Waals surface area contributed by atoms with Crippen molar-refractivity contribution in [2.75, 3.05) is 4.90 Å². The molecule has 5 rings (SSSR count). The highest BCUT2D eigenvalue weighted by Crippen LogP contribution is 2.52. The molecule has 0 atom stereocenters. The van der Waals surface area contributed by atoms with Crippen molar-refractivity contribution >= 4 is 28.8 Å². The van der Waals surface area contributed by atoms with Crippen molar-refractivity contribution in [1.29, 1.82) is 0 Å². The molecule has 0 unspecified atom stereocenters. The number of hydrogen-bond acceptors (Lipinski definition) is 2. The Kier molecular flexibility index (Phi) is 3.99. The van der Waals surface area contributed by atoms with Crippen molar-refractivity contribution in [2.45, 2.75) is 16.7 Å². The minimum atomic E-state index is 1.21. The lowest BCUT2D eigenvalue weighted by Crippen LogP contribution is -2.15. The molecule has 1 nitrogen and oxygen atoms in total. The highest BCUT2D eigenvalue weighted by molar-refractivity contribution is 7.99. The van der Waals surface area contributed by atoms with Crippen LogP contribution in [0.3, 0.4) is 0 Å². The van der Waals surface area contributed by atoms with Crippen LogP contribution < -0.4 is 4.90 Å². The molecule has 130 valence electrons. The summed E-state index contributed by atoms with van der Waals surface area (Å²) in [5, 5.41) is 0. The Morgan fingerprint density at radius 1 is 0.593 bits per heavy atom. The van der Waals surface area contributed by atoms with Crippen molar-refractivity contribution in [3.8, 4) is 11.1 Å². The molecule has 1 aliphatic rings. The first-order chi connectivity index (χ1) is 13.3. The fraction of sp³-hybridized carbons (Fsp3) is 0.0400. The lowest BCUT2D eigenvalue weighted by atomic mass is 9.99. The number of fused-ring (bicyclic) bond motifs is 2. The summed E-state index contributed by atoms with van der Waals surface area (Å²) in [5.74, 6) is 0. The average molecular weight is 366 g/mol. The maximum absolute atomic E-state index is 2.41. The van der Waals surface area contributed by atoms with Crippen LogP contribution in [0.4, 0.5) is 17.1 Å². The van der Waals surface area contributed by atoms with Crippen LogP contribution in [0, 0.1) is 6.92 Å². The molecule has 1 aliphatic heterocycles. The van der Waals surface area contributed by atoms with Crippen LogP contribution in [-0.4, -0.2) is 0 Å². The van der Waals surface area contributed by atoms with E-state index < -0.39 is 0 Å². The summed E-state index contributed by atoms with van der Waals surface area (Å²) >= 11 is 1.84. The van der Waals surface area contributed by atoms with Crippen LogP contribution in [0.15, 0.2) is 107 Å². The Hall–Kier alpha value is -2.97. The van der Waals surface area contributed by atoms with Gasteiger partial charge in [-0.15, -0.1) is 0 Å². The Morgan fingerprint density at radius 3 is 1.85 bits per heavy atom. The molecule has 27 heavy (non-hydrogen) atoms. The normalized spacial score (nSPS) is 12.4. The molecule has 0 saturated carbocycles. The van der Waals surface area contributed by atoms with Gasteiger partial charge in [0.15, 0.2) is 0 Å². The number of hydrogen-bond donors (Lipinski definition) is 0. The molecule has 0 radical (unpaired) electrons. The van der Waals surface area contributed by atoms with Crippen molar-refractivity contribution in [1.82, 2.24) is 0 Å². The predicted octanol–water partition coefficient (Wildman–Crippen LogP) is 7.60. The van der Waals surface area contributed by atoms with Gasteiger partial charge in [0.05, 0.1) is 17.1 Å². The topological polar surface area (TPSA) is 3.24 Å². The van der Waals surface area contributed by atoms with Gasteiger partial charge in [-0.3, -0.25) is 0 Å². The number of nitrogens with zero attached hydrogens (tertiary/aromatic N) is 1. The van der Waals surface area contributed by atoms with E-state index in [1.807, 2.05) is 11.8 Å². The zero-order valence-corrected chi connectivity index (χ0v) is 15.9. The van der Waals surface area contributed by atoms with Crippen molar-refractivity contribution < 1.29 is 0 Å². The smallest absolute Gasteiger partial charge is 0.0601 e. The van der Waals surface area contributed by atoms with Gasteiger partial charge in [0.25, 0.3) is 0 Å². The molecule has 0 spiro atoms. The van der Waals surface area contributed by atoms with Gasteiger partial charge in [0.2, 0.25) is 0 Å². The van der Waals surface area contributed by atoms with E-state index in [1.54, 1.807) is 0 Å². The molecule has 0 fully saturated rings. The Morgan fingerprint density at radius 2 is 1.19 bits per heavy atom. The van der Waals surface area contributed by atoms with Crippen molar-refractivity contribution in [3.63, 3.8) is 0 Å². The number of anilines is 3. The first-order valence-electron chi connectivity index (χ1n) is 9.13. The van der Waals surface area contributed by atoms with Crippen molar-refractivity contribution in [2.24, 2.45) is 0 Å². The van der Waals surface area contributed by atoms with Gasteiger partial charge in [-0.2, -0.15) is 0 Å². The van der Waals surface area contributed by atoms with E-state index in [0.717, 1.165) is 0 Å². The van der Waals surface area contributed by atoms with Crippen LogP contribution in [0.25, 0.3) is 11.1 Å². The van der Waals surface area contributed by atoms with Crippen LogP contribution in [0.5, 0.6) is 0 Å². The van der Waals surface area contributed by atoms with Gasteiger partial charge in [-0.1, -0.05) is 78.0 Å². The molecule has 2 heteroatoms. The van der Waals surface area contributed by atoms with E-state index in [0.29, 0.717) is 0 Å². The third-order valence-electron chi connectivity index (χ3n) is 4.91. The van der Waals surface area contributed by atoms with Crippen LogP contribution in [-0.2, 0) is 0 Å². The molecule has 0 bridgehead atoms. The minimum absolute atomic E-state index is 1.21. The van der Waals surface area contributed by atoms with Crippen LogP contribution in [0.2, 0.25) is 0 Å². The molecule has 0 saturated heterocycles. The predicted molar refractivity (Wildman–Crippen MR) is 115 cm³/mol. The molecule has 4 aromatic carbocycles. The van der Waals surface area contributed by atoms with Crippen LogP contribution in [0.1, 0.15) is 5.56 Å². The summed E-state index contributed by atoms with van der Waals surface area (Å²) in [4.78, 5) is 4.98. The van der Waals surface area contributed by atoms with E-state index >= 15 is 0 Å². The van der Waals surface area contributed by atoms with Crippen molar-refractivity contribution in [3.05, 3.63) is 103 Å². The zero-order valence-electron chi connectivity index (χ0n) is 15.1. The largest absolute Gasteiger partial charge is 0.308 e. The summed E-state index contributed by atoms with van der Waals surface area (Å²) in [6, 6.07) is 34.7. The Balaban J connectivity index is 1.79. The molecular formula is C25H19NS. The summed E-state index contributed by atoms with van der Waals surface area (Å²) in [6.45, 7) is 2.16. The number of rotatable bonds is 2. The second kappa shape index (κ2) is 6.64. The maximum atomic E-state index is 2.41. The van der Waals surface area contributed by atoms with Crippen LogP contribution >= 0.6 is 11.8 Å². The second-order valence-corrected chi connectivity index (χ2v) is 7.84. The summed E-state index contributed by atoms with van der Waals surface area (Å²) in [7, 11) is 0. The fourth-order valence-electron chi connectivity index (χ4n) is 3.66. The zero-order chi connectivity index (χ0) is 18.2. The lowest BCUT2D eigenvalue weighted by molar-refractivity contribution is 1.16. The fourth-order valence-corrected chi connectivity index (χ4v) is 4.72. The molecule has 0 aliphatic carbocycles.